The van der Waals surface area contributed by atoms with Crippen molar-refractivity contribution in [2.75, 3.05) is 19.7 Å². The van der Waals surface area contributed by atoms with Crippen LogP contribution in [0.1, 0.15) is 11.7 Å². The lowest BCUT2D eigenvalue weighted by Gasteiger charge is -2.31. The van der Waals surface area contributed by atoms with Crippen LogP contribution in [0.4, 0.5) is 0 Å². The van der Waals surface area contributed by atoms with Gasteiger partial charge in [-0.05, 0) is 23.8 Å². The summed E-state index contributed by atoms with van der Waals surface area (Å²) in [5, 5.41) is 4.42. The lowest BCUT2D eigenvalue weighted by molar-refractivity contribution is -0.0432. The normalized spacial score (nSPS) is 19.6. The van der Waals surface area contributed by atoms with Crippen LogP contribution in [0, 0.1) is 0 Å². The number of morpholine rings is 1. The molecule has 0 radical (unpaired) electrons. The summed E-state index contributed by atoms with van der Waals surface area (Å²) in [6.07, 6.45) is -0.296. The monoisotopic (exact) mass is 337 g/mol. The van der Waals surface area contributed by atoms with Gasteiger partial charge >= 0.3 is 0 Å². The summed E-state index contributed by atoms with van der Waals surface area (Å²) in [5.74, 6) is 0.606. The maximum Gasteiger partial charge on any atom is 0.151 e. The van der Waals surface area contributed by atoms with E-state index in [9.17, 15) is 0 Å². The Morgan fingerprint density at radius 1 is 1.14 bits per heavy atom. The maximum atomic E-state index is 6.23. The minimum absolute atomic E-state index is 0.0668. The van der Waals surface area contributed by atoms with Crippen LogP contribution in [0.3, 0.4) is 0 Å². The fraction of sp³-hybridized carbons (Fsp3) is 0.294. The van der Waals surface area contributed by atoms with E-state index in [2.05, 4.69) is 5.32 Å². The molecule has 0 spiro atoms. The molecule has 3 nitrogen and oxygen atoms in total. The first-order valence-electron chi connectivity index (χ1n) is 7.23. The summed E-state index contributed by atoms with van der Waals surface area (Å²) in [6.45, 7) is 2.27. The lowest BCUT2D eigenvalue weighted by Crippen LogP contribution is -2.43. The van der Waals surface area contributed by atoms with Crippen molar-refractivity contribution in [1.29, 1.82) is 0 Å². The highest BCUT2D eigenvalue weighted by Gasteiger charge is 2.28. The average molecular weight is 338 g/mol. The molecule has 0 bridgehead atoms. The van der Waals surface area contributed by atoms with Crippen molar-refractivity contribution in [3.63, 3.8) is 0 Å². The number of halogens is 2. The second-order valence-electron chi connectivity index (χ2n) is 5.14. The van der Waals surface area contributed by atoms with Gasteiger partial charge in [-0.15, -0.1) is 0 Å². The summed E-state index contributed by atoms with van der Waals surface area (Å²) in [7, 11) is 0. The van der Waals surface area contributed by atoms with Gasteiger partial charge in [-0.25, -0.2) is 0 Å². The number of hydrogen-bond acceptors (Lipinski definition) is 3. The molecular weight excluding hydrogens is 321 g/mol. The van der Waals surface area contributed by atoms with Crippen molar-refractivity contribution in [2.45, 2.75) is 12.2 Å². The molecule has 0 aromatic heterocycles. The molecule has 2 aromatic rings. The van der Waals surface area contributed by atoms with Crippen molar-refractivity contribution >= 4 is 23.2 Å². The van der Waals surface area contributed by atoms with Gasteiger partial charge in [0.1, 0.15) is 11.9 Å². The number of ether oxygens (including phenoxy) is 2. The summed E-state index contributed by atoms with van der Waals surface area (Å²) < 4.78 is 12.0. The summed E-state index contributed by atoms with van der Waals surface area (Å²) in [4.78, 5) is 0. The van der Waals surface area contributed by atoms with E-state index in [-0.39, 0.29) is 12.2 Å². The Bertz CT molecular complexity index is 615. The Kier molecular flexibility index (Phi) is 5.21. The first kappa shape index (κ1) is 15.6. The predicted octanol–water partition coefficient (Wildman–Crippen LogP) is 4.10. The van der Waals surface area contributed by atoms with Crippen LogP contribution in [-0.2, 0) is 4.74 Å². The van der Waals surface area contributed by atoms with Crippen molar-refractivity contribution in [2.24, 2.45) is 0 Å². The van der Waals surface area contributed by atoms with Crippen molar-refractivity contribution in [3.05, 3.63) is 64.1 Å². The first-order chi connectivity index (χ1) is 10.7. The molecule has 1 aliphatic rings. The van der Waals surface area contributed by atoms with Crippen LogP contribution in [0.2, 0.25) is 10.0 Å². The van der Waals surface area contributed by atoms with Gasteiger partial charge in [0.15, 0.2) is 6.10 Å². The van der Waals surface area contributed by atoms with E-state index in [1.165, 1.54) is 0 Å². The van der Waals surface area contributed by atoms with Gasteiger partial charge in [-0.1, -0.05) is 53.5 Å². The molecule has 1 saturated heterocycles. The molecule has 1 fully saturated rings. The van der Waals surface area contributed by atoms with Gasteiger partial charge in [0, 0.05) is 18.1 Å². The SMILES string of the molecule is Clc1ccc(OC(c2ccccc2)C2CNCCO2)c(Cl)c1. The second-order valence-corrected chi connectivity index (χ2v) is 5.98. The van der Waals surface area contributed by atoms with Crippen molar-refractivity contribution < 1.29 is 9.47 Å². The molecule has 2 unspecified atom stereocenters. The van der Waals surface area contributed by atoms with Crippen molar-refractivity contribution in [3.8, 4) is 5.75 Å². The Morgan fingerprint density at radius 2 is 1.95 bits per heavy atom. The van der Waals surface area contributed by atoms with E-state index in [4.69, 9.17) is 32.7 Å². The highest BCUT2D eigenvalue weighted by Crippen LogP contribution is 2.33. The topological polar surface area (TPSA) is 30.5 Å². The molecule has 1 aliphatic heterocycles. The standard InChI is InChI=1S/C17H17Cl2NO2/c18-13-6-7-15(14(19)10-13)22-17(12-4-2-1-3-5-12)16-11-20-8-9-21-16/h1-7,10,16-17,20H,8-9,11H2. The van der Waals surface area contributed by atoms with Crippen LogP contribution in [0.5, 0.6) is 5.75 Å². The molecule has 116 valence electrons. The van der Waals surface area contributed by atoms with E-state index in [0.29, 0.717) is 22.4 Å². The minimum Gasteiger partial charge on any atom is -0.481 e. The Labute approximate surface area is 140 Å². The zero-order chi connectivity index (χ0) is 15.4. The first-order valence-corrected chi connectivity index (χ1v) is 7.98. The van der Waals surface area contributed by atoms with Crippen LogP contribution < -0.4 is 10.1 Å². The summed E-state index contributed by atoms with van der Waals surface area (Å²) in [5.41, 5.74) is 1.06. The smallest absolute Gasteiger partial charge is 0.151 e. The van der Waals surface area contributed by atoms with E-state index < -0.39 is 0 Å². The molecule has 2 atom stereocenters. The zero-order valence-electron chi connectivity index (χ0n) is 12.0. The van der Waals surface area contributed by atoms with E-state index in [1.54, 1.807) is 18.2 Å². The third-order valence-electron chi connectivity index (χ3n) is 3.57. The molecule has 5 heteroatoms. The molecular formula is C17H17Cl2NO2. The highest BCUT2D eigenvalue weighted by atomic mass is 35.5. The molecule has 1 N–H and O–H groups in total. The Balaban J connectivity index is 1.87. The quantitative estimate of drug-likeness (QED) is 0.910. The molecule has 2 aromatic carbocycles. The zero-order valence-corrected chi connectivity index (χ0v) is 13.5. The van der Waals surface area contributed by atoms with Gasteiger partial charge in [0.2, 0.25) is 0 Å². The lowest BCUT2D eigenvalue weighted by atomic mass is 10.0. The largest absolute Gasteiger partial charge is 0.481 e. The number of benzene rings is 2. The third-order valence-corrected chi connectivity index (χ3v) is 4.10. The molecule has 22 heavy (non-hydrogen) atoms. The third kappa shape index (κ3) is 3.73. The van der Waals surface area contributed by atoms with Crippen molar-refractivity contribution in [1.82, 2.24) is 5.32 Å². The summed E-state index contributed by atoms with van der Waals surface area (Å²) in [6, 6.07) is 15.3. The van der Waals surface area contributed by atoms with Gasteiger partial charge in [0.05, 0.1) is 11.6 Å². The van der Waals surface area contributed by atoms with E-state index in [1.807, 2.05) is 30.3 Å². The fourth-order valence-corrected chi connectivity index (χ4v) is 2.94. The highest BCUT2D eigenvalue weighted by molar-refractivity contribution is 6.35. The molecule has 0 aliphatic carbocycles. The molecule has 1 heterocycles. The Morgan fingerprint density at radius 3 is 2.64 bits per heavy atom. The average Bonchev–Trinajstić information content (AvgIpc) is 2.56. The van der Waals surface area contributed by atoms with E-state index in [0.717, 1.165) is 18.7 Å². The van der Waals surface area contributed by atoms with Gasteiger partial charge < -0.3 is 14.8 Å². The van der Waals surface area contributed by atoms with Gasteiger partial charge in [0.25, 0.3) is 0 Å². The van der Waals surface area contributed by atoms with Gasteiger partial charge in [-0.3, -0.25) is 0 Å². The van der Waals surface area contributed by atoms with Gasteiger partial charge in [-0.2, -0.15) is 0 Å². The second kappa shape index (κ2) is 7.34. The molecule has 0 saturated carbocycles. The molecule has 0 amide bonds. The number of rotatable bonds is 4. The predicted molar refractivity (Wildman–Crippen MR) is 88.9 cm³/mol. The van der Waals surface area contributed by atoms with Crippen LogP contribution in [-0.4, -0.2) is 25.8 Å². The maximum absolute atomic E-state index is 6.23. The number of hydrogen-bond donors (Lipinski definition) is 1. The minimum atomic E-state index is -0.229. The Hall–Kier alpha value is -1.26. The van der Waals surface area contributed by atoms with Crippen LogP contribution >= 0.6 is 23.2 Å². The number of nitrogens with one attached hydrogen (secondary N) is 1. The molecule has 3 rings (SSSR count). The fourth-order valence-electron chi connectivity index (χ4n) is 2.49. The van der Waals surface area contributed by atoms with E-state index >= 15 is 0 Å². The van der Waals surface area contributed by atoms with Crippen LogP contribution in [0.25, 0.3) is 0 Å². The summed E-state index contributed by atoms with van der Waals surface area (Å²) >= 11 is 12.2. The van der Waals surface area contributed by atoms with Crippen LogP contribution in [0.15, 0.2) is 48.5 Å².